The molecule has 18 heavy (non-hydrogen) atoms. The van der Waals surface area contributed by atoms with Gasteiger partial charge in [0.25, 0.3) is 0 Å². The van der Waals surface area contributed by atoms with E-state index in [1.54, 1.807) is 11.3 Å². The van der Waals surface area contributed by atoms with E-state index >= 15 is 0 Å². The summed E-state index contributed by atoms with van der Waals surface area (Å²) >= 11 is 5.02. The molecule has 0 amide bonds. The Morgan fingerprint density at radius 3 is 2.78 bits per heavy atom. The highest BCUT2D eigenvalue weighted by Gasteiger charge is 2.12. The van der Waals surface area contributed by atoms with Gasteiger partial charge in [-0.15, -0.1) is 21.5 Å². The Bertz CT molecular complexity index is 515. The summed E-state index contributed by atoms with van der Waals surface area (Å²) in [7, 11) is 0. The van der Waals surface area contributed by atoms with E-state index < -0.39 is 0 Å². The predicted molar refractivity (Wildman–Crippen MR) is 76.8 cm³/mol. The fraction of sp³-hybridized carbons (Fsp3) is 0.500. The van der Waals surface area contributed by atoms with Crippen molar-refractivity contribution in [3.8, 4) is 11.5 Å². The number of nitrogens with one attached hydrogen (secondary N) is 1. The van der Waals surface area contributed by atoms with Gasteiger partial charge in [0.1, 0.15) is 0 Å². The van der Waals surface area contributed by atoms with Crippen molar-refractivity contribution >= 4 is 27.3 Å². The summed E-state index contributed by atoms with van der Waals surface area (Å²) in [6.45, 7) is 7.23. The standard InChI is InChI=1S/C12H16BrN3OS/c1-12(2,3)14-5-4-10-15-16-11(17-10)8-6-9(13)18-7-8/h6-7,14H,4-5H2,1-3H3. The van der Waals surface area contributed by atoms with Gasteiger partial charge < -0.3 is 9.73 Å². The van der Waals surface area contributed by atoms with Crippen molar-refractivity contribution in [3.05, 3.63) is 21.1 Å². The lowest BCUT2D eigenvalue weighted by atomic mass is 10.1. The van der Waals surface area contributed by atoms with Gasteiger partial charge in [0, 0.05) is 23.9 Å². The molecular weight excluding hydrogens is 314 g/mol. The molecule has 4 nitrogen and oxygen atoms in total. The second-order valence-corrected chi connectivity index (χ2v) is 7.36. The molecule has 2 aromatic rings. The van der Waals surface area contributed by atoms with E-state index in [1.807, 2.05) is 11.4 Å². The predicted octanol–water partition coefficient (Wildman–Crippen LogP) is 3.49. The molecule has 0 spiro atoms. The molecule has 0 aliphatic heterocycles. The van der Waals surface area contributed by atoms with Crippen LogP contribution in [0.1, 0.15) is 26.7 Å². The van der Waals surface area contributed by atoms with Crippen LogP contribution < -0.4 is 5.32 Å². The molecular formula is C12H16BrN3OS. The molecule has 1 N–H and O–H groups in total. The Morgan fingerprint density at radius 2 is 2.17 bits per heavy atom. The van der Waals surface area contributed by atoms with Crippen molar-refractivity contribution in [3.63, 3.8) is 0 Å². The second kappa shape index (κ2) is 5.50. The van der Waals surface area contributed by atoms with Gasteiger partial charge in [0.15, 0.2) is 0 Å². The summed E-state index contributed by atoms with van der Waals surface area (Å²) in [6, 6.07) is 1.98. The molecule has 0 bridgehead atoms. The monoisotopic (exact) mass is 329 g/mol. The third kappa shape index (κ3) is 3.90. The molecule has 2 heterocycles. The lowest BCUT2D eigenvalue weighted by Gasteiger charge is -2.19. The molecule has 2 aromatic heterocycles. The van der Waals surface area contributed by atoms with E-state index in [4.69, 9.17) is 4.42 Å². The molecule has 0 fully saturated rings. The maximum Gasteiger partial charge on any atom is 0.248 e. The maximum atomic E-state index is 5.62. The van der Waals surface area contributed by atoms with E-state index in [0.717, 1.165) is 22.3 Å². The molecule has 6 heteroatoms. The molecule has 0 saturated heterocycles. The first kappa shape index (κ1) is 13.7. The molecule has 0 atom stereocenters. The van der Waals surface area contributed by atoms with Gasteiger partial charge in [-0.3, -0.25) is 0 Å². The van der Waals surface area contributed by atoms with Crippen molar-refractivity contribution in [1.82, 2.24) is 15.5 Å². The van der Waals surface area contributed by atoms with Crippen molar-refractivity contribution in [2.75, 3.05) is 6.54 Å². The molecule has 0 radical (unpaired) electrons. The van der Waals surface area contributed by atoms with Crippen molar-refractivity contribution in [1.29, 1.82) is 0 Å². The van der Waals surface area contributed by atoms with Gasteiger partial charge in [-0.05, 0) is 42.8 Å². The van der Waals surface area contributed by atoms with Crippen LogP contribution in [0.2, 0.25) is 0 Å². The number of aromatic nitrogens is 2. The summed E-state index contributed by atoms with van der Waals surface area (Å²) in [4.78, 5) is 0. The van der Waals surface area contributed by atoms with Crippen molar-refractivity contribution < 1.29 is 4.42 Å². The first-order valence-corrected chi connectivity index (χ1v) is 7.43. The number of nitrogens with zero attached hydrogens (tertiary/aromatic N) is 2. The lowest BCUT2D eigenvalue weighted by Crippen LogP contribution is -2.37. The van der Waals surface area contributed by atoms with Crippen LogP contribution in [0.4, 0.5) is 0 Å². The largest absolute Gasteiger partial charge is 0.421 e. The minimum Gasteiger partial charge on any atom is -0.421 e. The Morgan fingerprint density at radius 1 is 1.39 bits per heavy atom. The number of halogens is 1. The van der Waals surface area contributed by atoms with E-state index in [9.17, 15) is 0 Å². The van der Waals surface area contributed by atoms with Crippen LogP contribution in [-0.2, 0) is 6.42 Å². The van der Waals surface area contributed by atoms with E-state index in [1.165, 1.54) is 0 Å². The van der Waals surface area contributed by atoms with Crippen LogP contribution in [0.15, 0.2) is 19.6 Å². The summed E-state index contributed by atoms with van der Waals surface area (Å²) in [6.07, 6.45) is 0.746. The molecule has 2 rings (SSSR count). The molecule has 0 aromatic carbocycles. The number of hydrogen-bond acceptors (Lipinski definition) is 5. The Kier molecular flexibility index (Phi) is 4.19. The van der Waals surface area contributed by atoms with E-state index in [2.05, 4.69) is 52.2 Å². The fourth-order valence-corrected chi connectivity index (χ4v) is 2.57. The molecule has 0 saturated carbocycles. The minimum absolute atomic E-state index is 0.112. The van der Waals surface area contributed by atoms with Crippen molar-refractivity contribution in [2.24, 2.45) is 0 Å². The van der Waals surface area contributed by atoms with E-state index in [0.29, 0.717) is 11.8 Å². The van der Waals surface area contributed by atoms with Crippen LogP contribution in [0.5, 0.6) is 0 Å². The first-order valence-electron chi connectivity index (χ1n) is 5.76. The highest BCUT2D eigenvalue weighted by molar-refractivity contribution is 9.11. The van der Waals surface area contributed by atoms with Gasteiger partial charge in [-0.1, -0.05) is 0 Å². The zero-order valence-corrected chi connectivity index (χ0v) is 13.1. The Hall–Kier alpha value is -0.720. The number of thiophene rings is 1. The topological polar surface area (TPSA) is 51.0 Å². The van der Waals surface area contributed by atoms with Gasteiger partial charge >= 0.3 is 0 Å². The van der Waals surface area contributed by atoms with Crippen molar-refractivity contribution in [2.45, 2.75) is 32.7 Å². The van der Waals surface area contributed by atoms with Gasteiger partial charge in [-0.25, -0.2) is 0 Å². The first-order chi connectivity index (χ1) is 8.44. The quantitative estimate of drug-likeness (QED) is 0.932. The molecule has 0 unspecified atom stereocenters. The highest BCUT2D eigenvalue weighted by atomic mass is 79.9. The van der Waals surface area contributed by atoms with Crippen LogP contribution in [-0.4, -0.2) is 22.3 Å². The normalized spacial score (nSPS) is 12.0. The second-order valence-electron chi connectivity index (χ2n) is 5.07. The average molecular weight is 330 g/mol. The smallest absolute Gasteiger partial charge is 0.248 e. The third-order valence-corrected chi connectivity index (χ3v) is 3.78. The number of rotatable bonds is 4. The highest BCUT2D eigenvalue weighted by Crippen LogP contribution is 2.28. The summed E-state index contributed by atoms with van der Waals surface area (Å²) < 4.78 is 6.68. The van der Waals surface area contributed by atoms with E-state index in [-0.39, 0.29) is 5.54 Å². The maximum absolute atomic E-state index is 5.62. The number of hydrogen-bond donors (Lipinski definition) is 1. The summed E-state index contributed by atoms with van der Waals surface area (Å²) in [5.74, 6) is 1.26. The molecule has 98 valence electrons. The zero-order chi connectivity index (χ0) is 13.2. The summed E-state index contributed by atoms with van der Waals surface area (Å²) in [5.41, 5.74) is 1.08. The average Bonchev–Trinajstić information content (AvgIpc) is 2.85. The van der Waals surface area contributed by atoms with Crippen LogP contribution in [0.25, 0.3) is 11.5 Å². The lowest BCUT2D eigenvalue weighted by molar-refractivity contribution is 0.412. The SMILES string of the molecule is CC(C)(C)NCCc1nnc(-c2csc(Br)c2)o1. The van der Waals surface area contributed by atoms with Crippen LogP contribution in [0.3, 0.4) is 0 Å². The van der Waals surface area contributed by atoms with Gasteiger partial charge in [0.05, 0.1) is 9.35 Å². The molecule has 0 aliphatic rings. The fourth-order valence-electron chi connectivity index (χ4n) is 1.44. The van der Waals surface area contributed by atoms with Crippen LogP contribution >= 0.6 is 27.3 Å². The van der Waals surface area contributed by atoms with Gasteiger partial charge in [0.2, 0.25) is 11.8 Å². The third-order valence-electron chi connectivity index (χ3n) is 2.28. The molecule has 0 aliphatic carbocycles. The Balaban J connectivity index is 1.94. The summed E-state index contributed by atoms with van der Waals surface area (Å²) in [5, 5.41) is 13.5. The minimum atomic E-state index is 0.112. The zero-order valence-electron chi connectivity index (χ0n) is 10.7. The van der Waals surface area contributed by atoms with Gasteiger partial charge in [-0.2, -0.15) is 0 Å². The van der Waals surface area contributed by atoms with Crippen LogP contribution in [0, 0.1) is 0 Å². The Labute approximate surface area is 119 Å².